The molecule has 2 fully saturated rings. The molecular weight excluding hydrogens is 500 g/mol. The van der Waals surface area contributed by atoms with Gasteiger partial charge in [-0.1, -0.05) is 0 Å². The number of nitrogens with zero attached hydrogens (tertiary/aromatic N) is 6. The predicted octanol–water partition coefficient (Wildman–Crippen LogP) is 3.97. The van der Waals surface area contributed by atoms with E-state index in [1.807, 2.05) is 61.2 Å². The fourth-order valence-electron chi connectivity index (χ4n) is 5.08. The predicted molar refractivity (Wildman–Crippen MR) is 164 cm³/mol. The molecule has 0 unspecified atom stereocenters. The number of piperazine rings is 2. The molecule has 40 heavy (non-hydrogen) atoms. The molecule has 4 heterocycles. The van der Waals surface area contributed by atoms with Crippen LogP contribution in [0.1, 0.15) is 0 Å². The van der Waals surface area contributed by atoms with Gasteiger partial charge in [0.05, 0.1) is 0 Å². The van der Waals surface area contributed by atoms with Crippen LogP contribution in [0.2, 0.25) is 0 Å². The molecule has 4 aromatic rings. The number of amides is 1. The minimum atomic E-state index is 0.697. The second-order valence-corrected chi connectivity index (χ2v) is 9.76. The Morgan fingerprint density at radius 2 is 0.850 bits per heavy atom. The molecule has 2 aliphatic heterocycles. The lowest BCUT2D eigenvalue weighted by molar-refractivity contribution is -0.105. The van der Waals surface area contributed by atoms with Gasteiger partial charge in [-0.2, -0.15) is 0 Å². The maximum absolute atomic E-state index is 10.4. The molecule has 0 radical (unpaired) electrons. The number of hydrogen-bond donors (Lipinski definition) is 2. The quantitative estimate of drug-likeness (QED) is 0.283. The standard InChI is InChI=1S/C16H18N4O.C15H18N4/c21-13-18-14-1-3-15(4-2-14)19-9-11-20(12-10-19)16-5-7-17-8-6-16;16-13-1-3-14(4-2-13)18-9-11-19(12-10-18)15-5-7-17-8-6-15/h1-8,13H,9-12H2,(H,18,21);1-8H,9-12,16H2. The molecule has 2 aromatic heterocycles. The number of nitrogens with one attached hydrogen (secondary N) is 1. The number of nitrogen functional groups attached to an aromatic ring is 1. The van der Waals surface area contributed by atoms with Crippen molar-refractivity contribution in [1.82, 2.24) is 9.97 Å². The summed E-state index contributed by atoms with van der Waals surface area (Å²) in [6, 6.07) is 24.3. The van der Waals surface area contributed by atoms with Crippen LogP contribution >= 0.6 is 0 Å². The van der Waals surface area contributed by atoms with Gasteiger partial charge in [-0.05, 0) is 72.8 Å². The molecular formula is C31H36N8O. The fourth-order valence-corrected chi connectivity index (χ4v) is 5.08. The highest BCUT2D eigenvalue weighted by molar-refractivity contribution is 5.72. The Labute approximate surface area is 235 Å². The summed E-state index contributed by atoms with van der Waals surface area (Å²) in [7, 11) is 0. The van der Waals surface area contributed by atoms with E-state index in [0.29, 0.717) is 6.41 Å². The summed E-state index contributed by atoms with van der Waals surface area (Å²) >= 11 is 0. The van der Waals surface area contributed by atoms with E-state index in [4.69, 9.17) is 5.73 Å². The first kappa shape index (κ1) is 26.8. The Kier molecular flexibility index (Phi) is 8.93. The van der Waals surface area contributed by atoms with Crippen LogP contribution in [0.3, 0.4) is 0 Å². The normalized spacial score (nSPS) is 15.2. The lowest BCUT2D eigenvalue weighted by atomic mass is 10.2. The van der Waals surface area contributed by atoms with Gasteiger partial charge in [0.1, 0.15) is 0 Å². The van der Waals surface area contributed by atoms with Gasteiger partial charge in [0, 0.05) is 111 Å². The molecule has 2 aliphatic rings. The van der Waals surface area contributed by atoms with Crippen LogP contribution in [0.25, 0.3) is 0 Å². The van der Waals surface area contributed by atoms with Crippen LogP contribution in [0, 0.1) is 0 Å². The first-order valence-corrected chi connectivity index (χ1v) is 13.7. The van der Waals surface area contributed by atoms with Gasteiger partial charge in [-0.3, -0.25) is 14.8 Å². The summed E-state index contributed by atoms with van der Waals surface area (Å²) in [6.07, 6.45) is 8.06. The third kappa shape index (κ3) is 6.99. The third-order valence-electron chi connectivity index (χ3n) is 7.33. The molecule has 2 aromatic carbocycles. The second-order valence-electron chi connectivity index (χ2n) is 9.76. The monoisotopic (exact) mass is 536 g/mol. The van der Waals surface area contributed by atoms with Gasteiger partial charge >= 0.3 is 0 Å². The first-order valence-electron chi connectivity index (χ1n) is 13.7. The number of carbonyl (C=O) groups excluding carboxylic acids is 1. The summed E-state index contributed by atoms with van der Waals surface area (Å²) in [6.45, 7) is 8.11. The van der Waals surface area contributed by atoms with Gasteiger partial charge < -0.3 is 30.7 Å². The molecule has 0 atom stereocenters. The summed E-state index contributed by atoms with van der Waals surface area (Å²) in [4.78, 5) is 28.1. The number of pyridine rings is 2. The summed E-state index contributed by atoms with van der Waals surface area (Å²) in [5, 5.41) is 2.65. The van der Waals surface area contributed by atoms with Crippen LogP contribution in [-0.2, 0) is 4.79 Å². The number of hydrogen-bond acceptors (Lipinski definition) is 8. The Hall–Kier alpha value is -4.79. The Bertz CT molecular complexity index is 1300. The molecule has 3 N–H and O–H groups in total. The van der Waals surface area contributed by atoms with Gasteiger partial charge in [-0.15, -0.1) is 0 Å². The van der Waals surface area contributed by atoms with Gasteiger partial charge in [-0.25, -0.2) is 0 Å². The number of carbonyl (C=O) groups is 1. The topological polar surface area (TPSA) is 93.9 Å². The molecule has 0 saturated carbocycles. The van der Waals surface area contributed by atoms with E-state index in [0.717, 1.165) is 63.7 Å². The highest BCUT2D eigenvalue weighted by atomic mass is 16.1. The molecule has 9 nitrogen and oxygen atoms in total. The molecule has 0 aliphatic carbocycles. The van der Waals surface area contributed by atoms with E-state index in [1.54, 1.807) is 0 Å². The van der Waals surface area contributed by atoms with E-state index in [1.165, 1.54) is 22.7 Å². The van der Waals surface area contributed by atoms with Crippen molar-refractivity contribution in [3.8, 4) is 0 Å². The maximum Gasteiger partial charge on any atom is 0.211 e. The van der Waals surface area contributed by atoms with E-state index in [9.17, 15) is 4.79 Å². The molecule has 9 heteroatoms. The minimum Gasteiger partial charge on any atom is -0.399 e. The summed E-state index contributed by atoms with van der Waals surface area (Å²) in [5.74, 6) is 0. The molecule has 0 bridgehead atoms. The number of anilines is 6. The number of nitrogens with two attached hydrogens (primary N) is 1. The Balaban J connectivity index is 0.000000162. The molecule has 6 rings (SSSR count). The lowest BCUT2D eigenvalue weighted by Crippen LogP contribution is -2.46. The summed E-state index contributed by atoms with van der Waals surface area (Å²) in [5.41, 5.74) is 12.3. The Morgan fingerprint density at radius 3 is 1.20 bits per heavy atom. The van der Waals surface area contributed by atoms with Gasteiger partial charge in [0.25, 0.3) is 0 Å². The van der Waals surface area contributed by atoms with Crippen LogP contribution in [0.4, 0.5) is 34.1 Å². The summed E-state index contributed by atoms with van der Waals surface area (Å²) < 4.78 is 0. The fraction of sp³-hybridized carbons (Fsp3) is 0.258. The van der Waals surface area contributed by atoms with E-state index < -0.39 is 0 Å². The molecule has 1 amide bonds. The Morgan fingerprint density at radius 1 is 0.525 bits per heavy atom. The van der Waals surface area contributed by atoms with Gasteiger partial charge in [0.15, 0.2) is 0 Å². The zero-order valence-electron chi connectivity index (χ0n) is 22.6. The van der Waals surface area contributed by atoms with Crippen molar-refractivity contribution in [2.45, 2.75) is 0 Å². The van der Waals surface area contributed by atoms with E-state index in [-0.39, 0.29) is 0 Å². The van der Waals surface area contributed by atoms with Crippen molar-refractivity contribution < 1.29 is 4.79 Å². The lowest BCUT2D eigenvalue weighted by Gasteiger charge is -2.37. The van der Waals surface area contributed by atoms with Crippen LogP contribution in [0.5, 0.6) is 0 Å². The number of rotatable bonds is 6. The van der Waals surface area contributed by atoms with Crippen LogP contribution in [-0.4, -0.2) is 68.7 Å². The average Bonchev–Trinajstić information content (AvgIpc) is 3.03. The highest BCUT2D eigenvalue weighted by Crippen LogP contribution is 2.22. The van der Waals surface area contributed by atoms with E-state index >= 15 is 0 Å². The SMILES string of the molecule is Nc1ccc(N2CCN(c3ccncc3)CC2)cc1.O=CNc1ccc(N2CCN(c3ccncc3)CC2)cc1. The van der Waals surface area contributed by atoms with Crippen LogP contribution in [0.15, 0.2) is 97.6 Å². The van der Waals surface area contributed by atoms with Crippen LogP contribution < -0.4 is 30.7 Å². The maximum atomic E-state index is 10.4. The zero-order valence-corrected chi connectivity index (χ0v) is 22.6. The highest BCUT2D eigenvalue weighted by Gasteiger charge is 2.18. The zero-order chi connectivity index (χ0) is 27.6. The van der Waals surface area contributed by atoms with Crippen molar-refractivity contribution in [2.24, 2.45) is 0 Å². The first-order chi connectivity index (χ1) is 19.7. The van der Waals surface area contributed by atoms with E-state index in [2.05, 4.69) is 71.3 Å². The minimum absolute atomic E-state index is 0.697. The second kappa shape index (κ2) is 13.3. The van der Waals surface area contributed by atoms with Crippen molar-refractivity contribution in [2.75, 3.05) is 83.0 Å². The molecule has 2 saturated heterocycles. The average molecular weight is 537 g/mol. The number of benzene rings is 2. The van der Waals surface area contributed by atoms with Crippen molar-refractivity contribution >= 4 is 40.5 Å². The van der Waals surface area contributed by atoms with Gasteiger partial charge in [0.2, 0.25) is 6.41 Å². The van der Waals surface area contributed by atoms with Crippen molar-refractivity contribution in [1.29, 1.82) is 0 Å². The van der Waals surface area contributed by atoms with Crippen molar-refractivity contribution in [3.63, 3.8) is 0 Å². The largest absolute Gasteiger partial charge is 0.399 e. The molecule has 206 valence electrons. The molecule has 0 spiro atoms. The third-order valence-corrected chi connectivity index (χ3v) is 7.33. The number of aromatic nitrogens is 2. The smallest absolute Gasteiger partial charge is 0.211 e. The van der Waals surface area contributed by atoms with Crippen molar-refractivity contribution in [3.05, 3.63) is 97.6 Å².